The van der Waals surface area contributed by atoms with E-state index in [0.717, 1.165) is 5.56 Å². The standard InChI is InChI=1S/C16H17ClN2O2/c1-19(10-12-5-3-4-6-13(12)17)16(20)11-7-8-14(18)15(9-11)21-2/h3-9H,10,18H2,1-2H3. The van der Waals surface area contributed by atoms with E-state index in [2.05, 4.69) is 0 Å². The number of rotatable bonds is 4. The summed E-state index contributed by atoms with van der Waals surface area (Å²) >= 11 is 6.11. The molecule has 1 amide bonds. The lowest BCUT2D eigenvalue weighted by Gasteiger charge is -2.18. The van der Waals surface area contributed by atoms with Crippen LogP contribution in [0.5, 0.6) is 5.75 Å². The fourth-order valence-corrected chi connectivity index (χ4v) is 2.21. The summed E-state index contributed by atoms with van der Waals surface area (Å²) in [5.41, 5.74) is 7.68. The van der Waals surface area contributed by atoms with Gasteiger partial charge in [-0.2, -0.15) is 0 Å². The first-order chi connectivity index (χ1) is 10.0. The molecule has 2 aromatic rings. The molecule has 0 saturated carbocycles. The Bertz CT molecular complexity index is 658. The first-order valence-electron chi connectivity index (χ1n) is 6.45. The molecule has 0 aromatic heterocycles. The average Bonchev–Trinajstić information content (AvgIpc) is 2.49. The van der Waals surface area contributed by atoms with E-state index in [9.17, 15) is 4.79 Å². The van der Waals surface area contributed by atoms with Crippen molar-refractivity contribution in [2.45, 2.75) is 6.54 Å². The van der Waals surface area contributed by atoms with Crippen molar-refractivity contribution in [3.05, 3.63) is 58.6 Å². The number of carbonyl (C=O) groups excluding carboxylic acids is 1. The fraction of sp³-hybridized carbons (Fsp3) is 0.188. The van der Waals surface area contributed by atoms with Gasteiger partial charge in [0.1, 0.15) is 5.75 Å². The summed E-state index contributed by atoms with van der Waals surface area (Å²) < 4.78 is 5.14. The smallest absolute Gasteiger partial charge is 0.254 e. The van der Waals surface area contributed by atoms with Gasteiger partial charge in [0.05, 0.1) is 12.8 Å². The Morgan fingerprint density at radius 1 is 1.29 bits per heavy atom. The maximum atomic E-state index is 12.4. The Kier molecular flexibility index (Phi) is 4.70. The molecule has 2 rings (SSSR count). The van der Waals surface area contributed by atoms with E-state index in [1.807, 2.05) is 18.2 Å². The minimum absolute atomic E-state index is 0.117. The Balaban J connectivity index is 2.18. The second-order valence-electron chi connectivity index (χ2n) is 4.71. The molecule has 0 fully saturated rings. The molecule has 0 radical (unpaired) electrons. The van der Waals surface area contributed by atoms with Gasteiger partial charge in [-0.3, -0.25) is 4.79 Å². The van der Waals surface area contributed by atoms with Crippen molar-refractivity contribution in [2.75, 3.05) is 19.9 Å². The van der Waals surface area contributed by atoms with Crippen LogP contribution in [0.3, 0.4) is 0 Å². The second kappa shape index (κ2) is 6.50. The first-order valence-corrected chi connectivity index (χ1v) is 6.83. The average molecular weight is 305 g/mol. The Morgan fingerprint density at radius 2 is 2.00 bits per heavy atom. The molecule has 0 spiro atoms. The quantitative estimate of drug-likeness (QED) is 0.883. The fourth-order valence-electron chi connectivity index (χ4n) is 2.02. The number of hydrogen-bond acceptors (Lipinski definition) is 3. The van der Waals surface area contributed by atoms with Gasteiger partial charge in [0, 0.05) is 24.2 Å². The van der Waals surface area contributed by atoms with Crippen molar-refractivity contribution in [1.82, 2.24) is 4.90 Å². The molecule has 4 nitrogen and oxygen atoms in total. The van der Waals surface area contributed by atoms with Gasteiger partial charge in [-0.25, -0.2) is 0 Å². The van der Waals surface area contributed by atoms with Crippen molar-refractivity contribution < 1.29 is 9.53 Å². The largest absolute Gasteiger partial charge is 0.495 e. The van der Waals surface area contributed by atoms with Gasteiger partial charge in [-0.05, 0) is 29.8 Å². The monoisotopic (exact) mass is 304 g/mol. The lowest BCUT2D eigenvalue weighted by Crippen LogP contribution is -2.26. The van der Waals surface area contributed by atoms with E-state index in [4.69, 9.17) is 22.1 Å². The van der Waals surface area contributed by atoms with Crippen LogP contribution in [0.15, 0.2) is 42.5 Å². The summed E-state index contributed by atoms with van der Waals surface area (Å²) in [7, 11) is 3.25. The Hall–Kier alpha value is -2.20. The molecule has 5 heteroatoms. The third-order valence-electron chi connectivity index (χ3n) is 3.19. The number of benzene rings is 2. The number of nitrogens with two attached hydrogens (primary N) is 1. The normalized spacial score (nSPS) is 10.2. The van der Waals surface area contributed by atoms with E-state index in [0.29, 0.717) is 28.6 Å². The van der Waals surface area contributed by atoms with Crippen LogP contribution in [0.1, 0.15) is 15.9 Å². The van der Waals surface area contributed by atoms with Gasteiger partial charge >= 0.3 is 0 Å². The molecule has 0 aliphatic heterocycles. The van der Waals surface area contributed by atoms with Crippen LogP contribution in [0.4, 0.5) is 5.69 Å². The zero-order valence-electron chi connectivity index (χ0n) is 12.0. The van der Waals surface area contributed by atoms with Crippen LogP contribution in [0.25, 0.3) is 0 Å². The highest BCUT2D eigenvalue weighted by Gasteiger charge is 2.14. The van der Waals surface area contributed by atoms with E-state index >= 15 is 0 Å². The van der Waals surface area contributed by atoms with Gasteiger partial charge in [0.2, 0.25) is 0 Å². The molecular formula is C16H17ClN2O2. The zero-order chi connectivity index (χ0) is 15.4. The van der Waals surface area contributed by atoms with E-state index < -0.39 is 0 Å². The topological polar surface area (TPSA) is 55.6 Å². The number of halogens is 1. The summed E-state index contributed by atoms with van der Waals surface area (Å²) in [5, 5.41) is 0.645. The van der Waals surface area contributed by atoms with E-state index in [1.165, 1.54) is 7.11 Å². The first kappa shape index (κ1) is 15.2. The van der Waals surface area contributed by atoms with Crippen LogP contribution in [0.2, 0.25) is 5.02 Å². The molecule has 0 aliphatic rings. The van der Waals surface area contributed by atoms with Crippen molar-refractivity contribution >= 4 is 23.2 Å². The number of methoxy groups -OCH3 is 1. The molecule has 21 heavy (non-hydrogen) atoms. The van der Waals surface area contributed by atoms with Gasteiger partial charge in [-0.1, -0.05) is 29.8 Å². The minimum atomic E-state index is -0.117. The molecule has 0 bridgehead atoms. The van der Waals surface area contributed by atoms with Gasteiger partial charge < -0.3 is 15.4 Å². The van der Waals surface area contributed by atoms with Gasteiger partial charge in [0.25, 0.3) is 5.91 Å². The lowest BCUT2D eigenvalue weighted by molar-refractivity contribution is 0.0785. The van der Waals surface area contributed by atoms with Crippen molar-refractivity contribution in [1.29, 1.82) is 0 Å². The van der Waals surface area contributed by atoms with Crippen LogP contribution in [0, 0.1) is 0 Å². The SMILES string of the molecule is COc1cc(C(=O)N(C)Cc2ccccc2Cl)ccc1N. The minimum Gasteiger partial charge on any atom is -0.495 e. The summed E-state index contributed by atoms with van der Waals surface area (Å²) in [6.07, 6.45) is 0. The number of ether oxygens (including phenoxy) is 1. The number of carbonyl (C=O) groups is 1. The van der Waals surface area contributed by atoms with Crippen LogP contribution < -0.4 is 10.5 Å². The number of nitrogen functional groups attached to an aromatic ring is 1. The van der Waals surface area contributed by atoms with Crippen LogP contribution in [-0.2, 0) is 6.54 Å². The molecule has 0 unspecified atom stereocenters. The number of nitrogens with zero attached hydrogens (tertiary/aromatic N) is 1. The predicted octanol–water partition coefficient (Wildman–Crippen LogP) is 3.20. The third kappa shape index (κ3) is 3.47. The van der Waals surface area contributed by atoms with Crippen molar-refractivity contribution in [3.63, 3.8) is 0 Å². The predicted molar refractivity (Wildman–Crippen MR) is 84.7 cm³/mol. The zero-order valence-corrected chi connectivity index (χ0v) is 12.7. The van der Waals surface area contributed by atoms with E-state index in [-0.39, 0.29) is 5.91 Å². The van der Waals surface area contributed by atoms with Crippen molar-refractivity contribution in [2.24, 2.45) is 0 Å². The highest BCUT2D eigenvalue weighted by atomic mass is 35.5. The maximum absolute atomic E-state index is 12.4. The van der Waals surface area contributed by atoms with Gasteiger partial charge in [0.15, 0.2) is 0 Å². The summed E-state index contributed by atoms with van der Waals surface area (Å²) in [4.78, 5) is 14.0. The summed E-state index contributed by atoms with van der Waals surface area (Å²) in [6.45, 7) is 0.436. The molecule has 0 atom stereocenters. The van der Waals surface area contributed by atoms with Crippen molar-refractivity contribution in [3.8, 4) is 5.75 Å². The molecular weight excluding hydrogens is 288 g/mol. The van der Waals surface area contributed by atoms with Crippen LogP contribution >= 0.6 is 11.6 Å². The number of anilines is 1. The highest BCUT2D eigenvalue weighted by Crippen LogP contribution is 2.23. The lowest BCUT2D eigenvalue weighted by atomic mass is 10.1. The Labute approximate surface area is 129 Å². The number of hydrogen-bond donors (Lipinski definition) is 1. The Morgan fingerprint density at radius 3 is 2.67 bits per heavy atom. The molecule has 0 aliphatic carbocycles. The molecule has 0 saturated heterocycles. The second-order valence-corrected chi connectivity index (χ2v) is 5.12. The highest BCUT2D eigenvalue weighted by molar-refractivity contribution is 6.31. The molecule has 110 valence electrons. The number of amides is 1. The molecule has 0 heterocycles. The van der Waals surface area contributed by atoms with E-state index in [1.54, 1.807) is 36.2 Å². The summed E-state index contributed by atoms with van der Waals surface area (Å²) in [6, 6.07) is 12.4. The summed E-state index contributed by atoms with van der Waals surface area (Å²) in [5.74, 6) is 0.375. The van der Waals surface area contributed by atoms with Gasteiger partial charge in [-0.15, -0.1) is 0 Å². The van der Waals surface area contributed by atoms with Crippen LogP contribution in [-0.4, -0.2) is 25.0 Å². The maximum Gasteiger partial charge on any atom is 0.254 e. The molecule has 2 aromatic carbocycles. The molecule has 2 N–H and O–H groups in total. The third-order valence-corrected chi connectivity index (χ3v) is 3.56.